The maximum Gasteiger partial charge on any atom is 0.225 e. The average molecular weight is 177 g/mol. The van der Waals surface area contributed by atoms with Gasteiger partial charge in [-0.05, 0) is 18.6 Å². The van der Waals surface area contributed by atoms with Gasteiger partial charge in [-0.3, -0.25) is 4.79 Å². The molecule has 0 bridgehead atoms. The SMILES string of the molecule is CC1NC(=O)Cc2c(O)cccc21. The summed E-state index contributed by atoms with van der Waals surface area (Å²) in [5, 5.41) is 12.3. The molecule has 0 fully saturated rings. The van der Waals surface area contributed by atoms with Crippen LogP contribution in [0.3, 0.4) is 0 Å². The van der Waals surface area contributed by atoms with Crippen LogP contribution in [0.2, 0.25) is 0 Å². The van der Waals surface area contributed by atoms with Gasteiger partial charge in [0.2, 0.25) is 5.91 Å². The van der Waals surface area contributed by atoms with E-state index in [1.807, 2.05) is 13.0 Å². The van der Waals surface area contributed by atoms with Crippen LogP contribution >= 0.6 is 0 Å². The van der Waals surface area contributed by atoms with Crippen LogP contribution in [0.1, 0.15) is 24.1 Å². The van der Waals surface area contributed by atoms with E-state index in [1.165, 1.54) is 0 Å². The Labute approximate surface area is 76.4 Å². The van der Waals surface area contributed by atoms with Crippen LogP contribution in [0.25, 0.3) is 0 Å². The molecule has 0 spiro atoms. The molecule has 0 saturated carbocycles. The molecule has 1 atom stereocenters. The Bertz CT molecular complexity index is 360. The van der Waals surface area contributed by atoms with Crippen molar-refractivity contribution >= 4 is 5.91 Å². The Morgan fingerprint density at radius 3 is 3.08 bits per heavy atom. The Balaban J connectivity index is 2.54. The molecule has 13 heavy (non-hydrogen) atoms. The van der Waals surface area contributed by atoms with Crippen molar-refractivity contribution in [3.05, 3.63) is 29.3 Å². The number of fused-ring (bicyclic) bond motifs is 1. The van der Waals surface area contributed by atoms with Gasteiger partial charge in [0, 0.05) is 5.56 Å². The van der Waals surface area contributed by atoms with E-state index in [2.05, 4.69) is 5.32 Å². The number of rotatable bonds is 0. The highest BCUT2D eigenvalue weighted by Gasteiger charge is 2.22. The number of hydrogen-bond donors (Lipinski definition) is 2. The smallest absolute Gasteiger partial charge is 0.225 e. The summed E-state index contributed by atoms with van der Waals surface area (Å²) >= 11 is 0. The normalized spacial score (nSPS) is 20.7. The third-order valence-corrected chi connectivity index (χ3v) is 2.37. The number of carbonyl (C=O) groups excluding carboxylic acids is 1. The minimum atomic E-state index is -0.0264. The van der Waals surface area contributed by atoms with E-state index in [-0.39, 0.29) is 24.1 Å². The van der Waals surface area contributed by atoms with Gasteiger partial charge >= 0.3 is 0 Å². The molecule has 2 N–H and O–H groups in total. The highest BCUT2D eigenvalue weighted by Crippen LogP contribution is 2.29. The molecule has 3 nitrogen and oxygen atoms in total. The Kier molecular flexibility index (Phi) is 1.72. The van der Waals surface area contributed by atoms with E-state index in [4.69, 9.17) is 0 Å². The first kappa shape index (κ1) is 8.10. The summed E-state index contributed by atoms with van der Waals surface area (Å²) < 4.78 is 0. The predicted molar refractivity (Wildman–Crippen MR) is 48.4 cm³/mol. The molecule has 1 aliphatic heterocycles. The lowest BCUT2D eigenvalue weighted by atomic mass is 9.94. The number of phenolic OH excluding ortho intramolecular Hbond substituents is 1. The van der Waals surface area contributed by atoms with E-state index in [0.717, 1.165) is 11.1 Å². The number of benzene rings is 1. The summed E-state index contributed by atoms with van der Waals surface area (Å²) in [6, 6.07) is 5.34. The fourth-order valence-electron chi connectivity index (χ4n) is 1.72. The van der Waals surface area contributed by atoms with Crippen molar-refractivity contribution in [3.8, 4) is 5.75 Å². The molecule has 1 heterocycles. The Morgan fingerprint density at radius 2 is 2.31 bits per heavy atom. The summed E-state index contributed by atoms with van der Waals surface area (Å²) in [6.45, 7) is 1.91. The van der Waals surface area contributed by atoms with Crippen molar-refractivity contribution in [1.82, 2.24) is 5.32 Å². The molecule has 3 heteroatoms. The molecular weight excluding hydrogens is 166 g/mol. The molecule has 1 aromatic carbocycles. The second-order valence-corrected chi connectivity index (χ2v) is 3.31. The van der Waals surface area contributed by atoms with Crippen molar-refractivity contribution in [2.24, 2.45) is 0 Å². The van der Waals surface area contributed by atoms with Crippen LogP contribution in [-0.4, -0.2) is 11.0 Å². The Hall–Kier alpha value is -1.51. The van der Waals surface area contributed by atoms with Crippen LogP contribution in [0.4, 0.5) is 0 Å². The minimum Gasteiger partial charge on any atom is -0.508 e. The average Bonchev–Trinajstić information content (AvgIpc) is 2.07. The highest BCUT2D eigenvalue weighted by atomic mass is 16.3. The number of nitrogens with one attached hydrogen (secondary N) is 1. The largest absolute Gasteiger partial charge is 0.508 e. The van der Waals surface area contributed by atoms with Gasteiger partial charge in [-0.2, -0.15) is 0 Å². The van der Waals surface area contributed by atoms with E-state index in [0.29, 0.717) is 0 Å². The molecule has 1 amide bonds. The molecule has 1 aliphatic rings. The fourth-order valence-corrected chi connectivity index (χ4v) is 1.72. The van der Waals surface area contributed by atoms with Gasteiger partial charge in [-0.1, -0.05) is 12.1 Å². The first-order valence-electron chi connectivity index (χ1n) is 4.28. The molecule has 0 radical (unpaired) electrons. The first-order chi connectivity index (χ1) is 6.18. The summed E-state index contributed by atoms with van der Waals surface area (Å²) in [7, 11) is 0. The summed E-state index contributed by atoms with van der Waals surface area (Å²) in [6.07, 6.45) is 0.284. The Morgan fingerprint density at radius 1 is 1.54 bits per heavy atom. The fraction of sp³-hybridized carbons (Fsp3) is 0.300. The lowest BCUT2D eigenvalue weighted by Gasteiger charge is -2.23. The van der Waals surface area contributed by atoms with E-state index in [1.54, 1.807) is 12.1 Å². The van der Waals surface area contributed by atoms with Gasteiger partial charge in [0.15, 0.2) is 0 Å². The second-order valence-electron chi connectivity index (χ2n) is 3.31. The molecule has 0 saturated heterocycles. The van der Waals surface area contributed by atoms with Gasteiger partial charge in [0.25, 0.3) is 0 Å². The number of carbonyl (C=O) groups is 1. The van der Waals surface area contributed by atoms with Crippen LogP contribution in [-0.2, 0) is 11.2 Å². The quantitative estimate of drug-likeness (QED) is 0.624. The number of aromatic hydroxyl groups is 1. The van der Waals surface area contributed by atoms with Crippen molar-refractivity contribution in [2.45, 2.75) is 19.4 Å². The molecule has 68 valence electrons. The molecular formula is C10H11NO2. The minimum absolute atomic E-state index is 0.00310. The third-order valence-electron chi connectivity index (χ3n) is 2.37. The van der Waals surface area contributed by atoms with Crippen molar-refractivity contribution in [1.29, 1.82) is 0 Å². The maximum atomic E-state index is 11.2. The molecule has 0 aromatic heterocycles. The zero-order chi connectivity index (χ0) is 9.42. The highest BCUT2D eigenvalue weighted by molar-refractivity contribution is 5.82. The van der Waals surface area contributed by atoms with Crippen molar-refractivity contribution in [3.63, 3.8) is 0 Å². The van der Waals surface area contributed by atoms with Gasteiger partial charge < -0.3 is 10.4 Å². The number of amides is 1. The summed E-state index contributed by atoms with van der Waals surface area (Å²) in [5.74, 6) is 0.195. The van der Waals surface area contributed by atoms with E-state index in [9.17, 15) is 9.90 Å². The topological polar surface area (TPSA) is 49.3 Å². The van der Waals surface area contributed by atoms with Crippen LogP contribution in [0.5, 0.6) is 5.75 Å². The van der Waals surface area contributed by atoms with Crippen molar-refractivity contribution in [2.75, 3.05) is 0 Å². The van der Waals surface area contributed by atoms with Gasteiger partial charge in [-0.25, -0.2) is 0 Å². The van der Waals surface area contributed by atoms with Crippen molar-refractivity contribution < 1.29 is 9.90 Å². The zero-order valence-corrected chi connectivity index (χ0v) is 7.37. The van der Waals surface area contributed by atoms with Gasteiger partial charge in [0.05, 0.1) is 12.5 Å². The zero-order valence-electron chi connectivity index (χ0n) is 7.37. The monoisotopic (exact) mass is 177 g/mol. The predicted octanol–water partition coefficient (Wildman–Crippen LogP) is 1.13. The van der Waals surface area contributed by atoms with Crippen LogP contribution in [0.15, 0.2) is 18.2 Å². The van der Waals surface area contributed by atoms with Crippen LogP contribution < -0.4 is 5.32 Å². The molecule has 1 unspecified atom stereocenters. The molecule has 2 rings (SSSR count). The van der Waals surface area contributed by atoms with Gasteiger partial charge in [-0.15, -0.1) is 0 Å². The lowest BCUT2D eigenvalue weighted by Crippen LogP contribution is -2.33. The molecule has 0 aliphatic carbocycles. The van der Waals surface area contributed by atoms with Gasteiger partial charge in [0.1, 0.15) is 5.75 Å². The summed E-state index contributed by atoms with van der Waals surface area (Å²) in [5.41, 5.74) is 1.78. The van der Waals surface area contributed by atoms with E-state index < -0.39 is 0 Å². The first-order valence-corrected chi connectivity index (χ1v) is 4.28. The lowest BCUT2D eigenvalue weighted by molar-refractivity contribution is -0.121. The number of phenols is 1. The summed E-state index contributed by atoms with van der Waals surface area (Å²) in [4.78, 5) is 11.2. The second kappa shape index (κ2) is 2.76. The number of hydrogen-bond acceptors (Lipinski definition) is 2. The third kappa shape index (κ3) is 1.26. The molecule has 1 aromatic rings. The standard InChI is InChI=1S/C10H11NO2/c1-6-7-3-2-4-9(12)8(7)5-10(13)11-6/h2-4,6,12H,5H2,1H3,(H,11,13). The van der Waals surface area contributed by atoms with Crippen LogP contribution in [0, 0.1) is 0 Å². The maximum absolute atomic E-state index is 11.2. The van der Waals surface area contributed by atoms with E-state index >= 15 is 0 Å².